The van der Waals surface area contributed by atoms with Crippen molar-refractivity contribution in [3.63, 3.8) is 0 Å². The molecule has 2 aliphatic rings. The van der Waals surface area contributed by atoms with Crippen molar-refractivity contribution in [1.29, 1.82) is 5.26 Å². The molecule has 2 heterocycles. The minimum atomic E-state index is -2.13. The zero-order chi connectivity index (χ0) is 20.6. The average Bonchev–Trinajstić information content (AvgIpc) is 2.93. The van der Waals surface area contributed by atoms with E-state index in [4.69, 9.17) is 15.2 Å². The minimum absolute atomic E-state index is 0.0249. The molecule has 9 nitrogen and oxygen atoms in total. The van der Waals surface area contributed by atoms with E-state index in [9.17, 15) is 24.0 Å². The van der Waals surface area contributed by atoms with Crippen LogP contribution in [0.1, 0.15) is 12.0 Å². The van der Waals surface area contributed by atoms with Crippen molar-refractivity contribution in [3.05, 3.63) is 52.4 Å². The summed E-state index contributed by atoms with van der Waals surface area (Å²) in [6, 6.07) is 5.15. The second-order valence-electron chi connectivity index (χ2n) is 5.89. The molecule has 10 heteroatoms. The molecule has 0 aromatic heterocycles. The third kappa shape index (κ3) is 2.48. The lowest BCUT2D eigenvalue weighted by molar-refractivity contribution is -0.141. The summed E-state index contributed by atoms with van der Waals surface area (Å²) in [5.74, 6) is -4.22. The number of nitrogens with zero attached hydrogens (tertiary/aromatic N) is 1. The molecule has 2 aliphatic heterocycles. The number of esters is 2. The summed E-state index contributed by atoms with van der Waals surface area (Å²) in [6.07, 6.45) is -0.569. The minimum Gasteiger partial charge on any atom is -0.469 e. The van der Waals surface area contributed by atoms with Crippen molar-refractivity contribution in [2.75, 3.05) is 19.5 Å². The second kappa shape index (κ2) is 6.70. The van der Waals surface area contributed by atoms with Crippen LogP contribution in [0.2, 0.25) is 0 Å². The van der Waals surface area contributed by atoms with E-state index in [-0.39, 0.29) is 17.0 Å². The standard InChI is InChI=1S/C18H14FN3O6/c1-26-13(23)6-12-14(16(24)27-2)18(10(7-20)15(21)28-12)9-5-8(19)3-4-11(9)22-17(18)25/h3-5H,6,21H2,1-2H3,(H,22,25). The van der Waals surface area contributed by atoms with Gasteiger partial charge in [0, 0.05) is 11.3 Å². The van der Waals surface area contributed by atoms with Crippen molar-refractivity contribution in [2.45, 2.75) is 11.8 Å². The highest BCUT2D eigenvalue weighted by atomic mass is 19.1. The Bertz CT molecular complexity index is 1020. The molecule has 144 valence electrons. The summed E-state index contributed by atoms with van der Waals surface area (Å²) in [4.78, 5) is 37.5. The molecule has 1 atom stereocenters. The van der Waals surface area contributed by atoms with Gasteiger partial charge in [-0.05, 0) is 18.2 Å². The lowest BCUT2D eigenvalue weighted by Gasteiger charge is -2.34. The number of hydrogen-bond acceptors (Lipinski definition) is 8. The Balaban J connectivity index is 2.43. The van der Waals surface area contributed by atoms with Crippen LogP contribution in [0.4, 0.5) is 10.1 Å². The first-order valence-electron chi connectivity index (χ1n) is 7.89. The third-order valence-electron chi connectivity index (χ3n) is 4.52. The van der Waals surface area contributed by atoms with Gasteiger partial charge >= 0.3 is 11.9 Å². The first kappa shape index (κ1) is 18.9. The van der Waals surface area contributed by atoms with Gasteiger partial charge < -0.3 is 25.3 Å². The lowest BCUT2D eigenvalue weighted by Crippen LogP contribution is -2.46. The van der Waals surface area contributed by atoms with Crippen LogP contribution in [0.15, 0.2) is 41.0 Å². The largest absolute Gasteiger partial charge is 0.469 e. The number of carbonyl (C=O) groups is 3. The van der Waals surface area contributed by atoms with Gasteiger partial charge in [0.2, 0.25) is 11.8 Å². The van der Waals surface area contributed by atoms with E-state index in [2.05, 4.69) is 10.1 Å². The number of benzene rings is 1. The van der Waals surface area contributed by atoms with E-state index >= 15 is 0 Å². The molecular formula is C18H14FN3O6. The molecule has 28 heavy (non-hydrogen) atoms. The number of nitriles is 1. The monoisotopic (exact) mass is 387 g/mol. The molecule has 0 bridgehead atoms. The molecular weight excluding hydrogens is 373 g/mol. The zero-order valence-corrected chi connectivity index (χ0v) is 14.8. The van der Waals surface area contributed by atoms with Gasteiger partial charge in [-0.15, -0.1) is 0 Å². The fourth-order valence-corrected chi connectivity index (χ4v) is 3.36. The van der Waals surface area contributed by atoms with E-state index in [1.807, 2.05) is 0 Å². The van der Waals surface area contributed by atoms with E-state index < -0.39 is 52.5 Å². The van der Waals surface area contributed by atoms with E-state index in [0.29, 0.717) is 0 Å². The number of methoxy groups -OCH3 is 2. The molecule has 0 saturated carbocycles. The quantitative estimate of drug-likeness (QED) is 0.723. The van der Waals surface area contributed by atoms with Gasteiger partial charge in [0.1, 0.15) is 35.2 Å². The van der Waals surface area contributed by atoms with Crippen LogP contribution in [0.25, 0.3) is 0 Å². The van der Waals surface area contributed by atoms with Gasteiger partial charge in [-0.3, -0.25) is 9.59 Å². The second-order valence-corrected chi connectivity index (χ2v) is 5.89. The van der Waals surface area contributed by atoms with Gasteiger partial charge in [-0.1, -0.05) is 0 Å². The number of hydrogen-bond donors (Lipinski definition) is 2. The van der Waals surface area contributed by atoms with Crippen molar-refractivity contribution >= 4 is 23.5 Å². The van der Waals surface area contributed by atoms with Crippen LogP contribution in [-0.4, -0.2) is 32.1 Å². The van der Waals surface area contributed by atoms with Crippen LogP contribution in [0, 0.1) is 17.1 Å². The number of amides is 1. The predicted octanol–water partition coefficient (Wildman–Crippen LogP) is 0.730. The molecule has 0 saturated heterocycles. The third-order valence-corrected chi connectivity index (χ3v) is 4.52. The Kier molecular flexibility index (Phi) is 4.52. The highest BCUT2D eigenvalue weighted by Gasteiger charge is 2.60. The summed E-state index contributed by atoms with van der Waals surface area (Å²) in [5, 5.41) is 12.2. The Morgan fingerprint density at radius 3 is 2.68 bits per heavy atom. The van der Waals surface area contributed by atoms with Gasteiger partial charge in [-0.2, -0.15) is 5.26 Å². The van der Waals surface area contributed by atoms with E-state index in [0.717, 1.165) is 26.4 Å². The average molecular weight is 387 g/mol. The maximum Gasteiger partial charge on any atom is 0.339 e. The van der Waals surface area contributed by atoms with Crippen LogP contribution in [0.3, 0.4) is 0 Å². The van der Waals surface area contributed by atoms with E-state index in [1.165, 1.54) is 6.07 Å². The number of halogens is 1. The van der Waals surface area contributed by atoms with Gasteiger partial charge in [0.15, 0.2) is 5.41 Å². The first-order valence-corrected chi connectivity index (χ1v) is 7.89. The SMILES string of the molecule is COC(=O)CC1=C(C(=O)OC)C2(C(=O)Nc3ccc(F)cc32)C(C#N)=C(N)O1. The van der Waals surface area contributed by atoms with Crippen molar-refractivity contribution in [2.24, 2.45) is 5.73 Å². The molecule has 1 spiro atoms. The number of fused-ring (bicyclic) bond motifs is 2. The van der Waals surface area contributed by atoms with Gasteiger partial charge in [0.25, 0.3) is 0 Å². The topological polar surface area (TPSA) is 141 Å². The molecule has 3 rings (SSSR count). The maximum absolute atomic E-state index is 14.0. The zero-order valence-electron chi connectivity index (χ0n) is 14.8. The summed E-state index contributed by atoms with van der Waals surface area (Å²) in [7, 11) is 2.16. The molecule has 1 unspecified atom stereocenters. The normalized spacial score (nSPS) is 20.3. The number of nitrogens with one attached hydrogen (secondary N) is 1. The van der Waals surface area contributed by atoms with Crippen LogP contribution < -0.4 is 11.1 Å². The molecule has 0 fully saturated rings. The van der Waals surface area contributed by atoms with Crippen molar-refractivity contribution < 1.29 is 33.0 Å². The summed E-state index contributed by atoms with van der Waals surface area (Å²) in [5.41, 5.74) is 2.97. The fourth-order valence-electron chi connectivity index (χ4n) is 3.36. The summed E-state index contributed by atoms with van der Waals surface area (Å²) < 4.78 is 28.7. The molecule has 3 N–H and O–H groups in total. The molecule has 1 amide bonds. The fraction of sp³-hybridized carbons (Fsp3) is 0.222. The number of anilines is 1. The number of ether oxygens (including phenoxy) is 3. The van der Waals surface area contributed by atoms with Crippen LogP contribution >= 0.6 is 0 Å². The van der Waals surface area contributed by atoms with Gasteiger partial charge in [-0.25, -0.2) is 9.18 Å². The Morgan fingerprint density at radius 2 is 2.07 bits per heavy atom. The lowest BCUT2D eigenvalue weighted by atomic mass is 9.68. The Hall–Kier alpha value is -3.87. The molecule has 1 aromatic carbocycles. The number of rotatable bonds is 3. The predicted molar refractivity (Wildman–Crippen MR) is 90.3 cm³/mol. The smallest absolute Gasteiger partial charge is 0.339 e. The molecule has 1 aromatic rings. The Morgan fingerprint density at radius 1 is 1.36 bits per heavy atom. The summed E-state index contributed by atoms with van der Waals surface area (Å²) >= 11 is 0. The highest BCUT2D eigenvalue weighted by Crippen LogP contribution is 2.52. The van der Waals surface area contributed by atoms with Crippen LogP contribution in [-0.2, 0) is 34.0 Å². The van der Waals surface area contributed by atoms with Crippen LogP contribution in [0.5, 0.6) is 0 Å². The van der Waals surface area contributed by atoms with Gasteiger partial charge in [0.05, 0.1) is 14.2 Å². The van der Waals surface area contributed by atoms with Crippen molar-refractivity contribution in [1.82, 2.24) is 0 Å². The van der Waals surface area contributed by atoms with E-state index in [1.54, 1.807) is 6.07 Å². The summed E-state index contributed by atoms with van der Waals surface area (Å²) in [6.45, 7) is 0. The number of carbonyl (C=O) groups excluding carboxylic acids is 3. The first-order chi connectivity index (χ1) is 13.3. The Labute approximate surface area is 158 Å². The highest BCUT2D eigenvalue weighted by molar-refractivity contribution is 6.17. The molecule has 0 aliphatic carbocycles. The maximum atomic E-state index is 14.0. The number of nitrogens with two attached hydrogens (primary N) is 1. The molecule has 0 radical (unpaired) electrons. The van der Waals surface area contributed by atoms with Crippen molar-refractivity contribution in [3.8, 4) is 6.07 Å².